The second-order valence-electron chi connectivity index (χ2n) is 4.47. The summed E-state index contributed by atoms with van der Waals surface area (Å²) < 4.78 is 0. The normalized spacial score (nSPS) is 22.5. The minimum atomic E-state index is -0.0730. The predicted molar refractivity (Wildman–Crippen MR) is 61.8 cm³/mol. The molecule has 1 atom stereocenters. The number of rotatable bonds is 4. The number of hydrogen-bond donors (Lipinski definition) is 3. The van der Waals surface area contributed by atoms with E-state index in [0.29, 0.717) is 0 Å². The maximum absolute atomic E-state index is 11.9. The lowest BCUT2D eigenvalue weighted by atomic mass is 9.95. The van der Waals surface area contributed by atoms with E-state index in [4.69, 9.17) is 0 Å². The molecule has 1 unspecified atom stereocenters. The van der Waals surface area contributed by atoms with E-state index in [0.717, 1.165) is 32.5 Å². The first-order valence-electron chi connectivity index (χ1n) is 5.87. The zero-order valence-corrected chi connectivity index (χ0v) is 10.0. The van der Waals surface area contributed by atoms with Gasteiger partial charge >= 0.3 is 0 Å². The monoisotopic (exact) mass is 213 g/mol. The molecule has 0 radical (unpaired) electrons. The molecule has 1 heterocycles. The van der Waals surface area contributed by atoms with Crippen molar-refractivity contribution in [2.75, 3.05) is 19.6 Å². The maximum atomic E-state index is 11.9. The van der Waals surface area contributed by atoms with Crippen LogP contribution in [0.25, 0.3) is 0 Å². The number of piperazine rings is 1. The number of carbonyl (C=O) groups is 1. The van der Waals surface area contributed by atoms with Gasteiger partial charge in [-0.3, -0.25) is 4.79 Å². The summed E-state index contributed by atoms with van der Waals surface area (Å²) in [5.74, 6) is 0.119. The summed E-state index contributed by atoms with van der Waals surface area (Å²) in [5.41, 5.74) is -0.0593. The average molecular weight is 213 g/mol. The summed E-state index contributed by atoms with van der Waals surface area (Å²) in [4.78, 5) is 11.9. The fraction of sp³-hybridized carbons (Fsp3) is 0.909. The van der Waals surface area contributed by atoms with Gasteiger partial charge in [-0.15, -0.1) is 0 Å². The zero-order valence-electron chi connectivity index (χ0n) is 10.0. The quantitative estimate of drug-likeness (QED) is 0.627. The van der Waals surface area contributed by atoms with Crippen LogP contribution in [0.3, 0.4) is 0 Å². The van der Waals surface area contributed by atoms with Gasteiger partial charge in [0.1, 0.15) is 0 Å². The predicted octanol–water partition coefficient (Wildman–Crippen LogP) is 0.243. The molecule has 1 aliphatic heterocycles. The van der Waals surface area contributed by atoms with Gasteiger partial charge in [-0.1, -0.05) is 13.8 Å². The lowest BCUT2D eigenvalue weighted by molar-refractivity contribution is -0.125. The average Bonchev–Trinajstić information content (AvgIpc) is 2.30. The molecule has 0 aliphatic carbocycles. The molecule has 1 amide bonds. The highest BCUT2D eigenvalue weighted by atomic mass is 16.2. The van der Waals surface area contributed by atoms with Crippen LogP contribution in [0.2, 0.25) is 0 Å². The molecule has 3 N–H and O–H groups in total. The Bertz CT molecular complexity index is 208. The highest BCUT2D eigenvalue weighted by molar-refractivity contribution is 5.82. The molecule has 1 fully saturated rings. The van der Waals surface area contributed by atoms with E-state index in [9.17, 15) is 4.79 Å². The van der Waals surface area contributed by atoms with Crippen molar-refractivity contribution < 1.29 is 4.79 Å². The summed E-state index contributed by atoms with van der Waals surface area (Å²) >= 11 is 0. The molecule has 15 heavy (non-hydrogen) atoms. The maximum Gasteiger partial charge on any atom is 0.238 e. The smallest absolute Gasteiger partial charge is 0.238 e. The molecule has 0 spiro atoms. The third kappa shape index (κ3) is 3.47. The molecule has 88 valence electrons. The van der Waals surface area contributed by atoms with E-state index in [1.807, 2.05) is 0 Å². The van der Waals surface area contributed by atoms with Crippen molar-refractivity contribution >= 4 is 5.91 Å². The van der Waals surface area contributed by atoms with E-state index in [-0.39, 0.29) is 17.5 Å². The first-order chi connectivity index (χ1) is 7.11. The van der Waals surface area contributed by atoms with E-state index >= 15 is 0 Å². The lowest BCUT2D eigenvalue weighted by Crippen LogP contribution is -2.59. The van der Waals surface area contributed by atoms with Crippen molar-refractivity contribution in [3.8, 4) is 0 Å². The molecule has 4 heteroatoms. The SMILES string of the molecule is CCC(C)(CC)NC(=O)C1CNCCN1. The summed E-state index contributed by atoms with van der Waals surface area (Å²) in [6.07, 6.45) is 1.94. The Labute approximate surface area is 92.2 Å². The molecule has 1 aliphatic rings. The molecule has 0 aromatic carbocycles. The van der Waals surface area contributed by atoms with Gasteiger partial charge in [0.15, 0.2) is 0 Å². The number of nitrogens with one attached hydrogen (secondary N) is 3. The molecule has 4 nitrogen and oxygen atoms in total. The van der Waals surface area contributed by atoms with Gasteiger partial charge in [0.05, 0.1) is 6.04 Å². The van der Waals surface area contributed by atoms with Crippen LogP contribution in [0.5, 0.6) is 0 Å². The Morgan fingerprint density at radius 1 is 1.40 bits per heavy atom. The van der Waals surface area contributed by atoms with Gasteiger partial charge < -0.3 is 16.0 Å². The molecular weight excluding hydrogens is 190 g/mol. The highest BCUT2D eigenvalue weighted by Gasteiger charge is 2.27. The fourth-order valence-corrected chi connectivity index (χ4v) is 1.65. The fourth-order valence-electron chi connectivity index (χ4n) is 1.65. The van der Waals surface area contributed by atoms with Crippen molar-refractivity contribution in [1.29, 1.82) is 0 Å². The topological polar surface area (TPSA) is 53.2 Å². The van der Waals surface area contributed by atoms with Crippen molar-refractivity contribution in [2.24, 2.45) is 0 Å². The molecule has 1 saturated heterocycles. The molecule has 0 aromatic heterocycles. The van der Waals surface area contributed by atoms with Crippen LogP contribution < -0.4 is 16.0 Å². The van der Waals surface area contributed by atoms with E-state index in [1.165, 1.54) is 0 Å². The summed E-state index contributed by atoms with van der Waals surface area (Å²) in [5, 5.41) is 9.55. The summed E-state index contributed by atoms with van der Waals surface area (Å²) in [6.45, 7) is 8.86. The number of amides is 1. The largest absolute Gasteiger partial charge is 0.350 e. The summed E-state index contributed by atoms with van der Waals surface area (Å²) in [7, 11) is 0. The minimum Gasteiger partial charge on any atom is -0.350 e. The Hall–Kier alpha value is -0.610. The van der Waals surface area contributed by atoms with Crippen LogP contribution in [0, 0.1) is 0 Å². The molecule has 0 aromatic rings. The third-order valence-electron chi connectivity index (χ3n) is 3.34. The Balaban J connectivity index is 2.46. The third-order valence-corrected chi connectivity index (χ3v) is 3.34. The first-order valence-corrected chi connectivity index (χ1v) is 5.87. The van der Waals surface area contributed by atoms with Gasteiger partial charge in [-0.2, -0.15) is 0 Å². The molecule has 1 rings (SSSR count). The van der Waals surface area contributed by atoms with E-state index in [1.54, 1.807) is 0 Å². The van der Waals surface area contributed by atoms with Crippen LogP contribution in [0.15, 0.2) is 0 Å². The van der Waals surface area contributed by atoms with Crippen molar-refractivity contribution in [3.05, 3.63) is 0 Å². The lowest BCUT2D eigenvalue weighted by Gasteiger charge is -2.32. The number of carbonyl (C=O) groups excluding carboxylic acids is 1. The van der Waals surface area contributed by atoms with Gasteiger partial charge in [0.2, 0.25) is 5.91 Å². The molecule has 0 bridgehead atoms. The zero-order chi connectivity index (χ0) is 11.3. The first kappa shape index (κ1) is 12.5. The van der Waals surface area contributed by atoms with Gasteiger partial charge in [-0.25, -0.2) is 0 Å². The van der Waals surface area contributed by atoms with Gasteiger partial charge in [0.25, 0.3) is 0 Å². The van der Waals surface area contributed by atoms with Crippen LogP contribution >= 0.6 is 0 Å². The van der Waals surface area contributed by atoms with Crippen LogP contribution in [0.4, 0.5) is 0 Å². The minimum absolute atomic E-state index is 0.0593. The van der Waals surface area contributed by atoms with Crippen LogP contribution in [-0.2, 0) is 4.79 Å². The van der Waals surface area contributed by atoms with E-state index in [2.05, 4.69) is 36.7 Å². The second-order valence-corrected chi connectivity index (χ2v) is 4.47. The van der Waals surface area contributed by atoms with Gasteiger partial charge in [0, 0.05) is 25.2 Å². The molecule has 0 saturated carbocycles. The van der Waals surface area contributed by atoms with Crippen LogP contribution in [0.1, 0.15) is 33.6 Å². The second kappa shape index (κ2) is 5.47. The highest BCUT2D eigenvalue weighted by Crippen LogP contribution is 2.13. The number of hydrogen-bond acceptors (Lipinski definition) is 3. The Morgan fingerprint density at radius 2 is 2.07 bits per heavy atom. The van der Waals surface area contributed by atoms with E-state index < -0.39 is 0 Å². The van der Waals surface area contributed by atoms with Crippen molar-refractivity contribution in [3.63, 3.8) is 0 Å². The summed E-state index contributed by atoms with van der Waals surface area (Å²) in [6, 6.07) is -0.0730. The van der Waals surface area contributed by atoms with Crippen LogP contribution in [-0.4, -0.2) is 37.1 Å². The Kier molecular flexibility index (Phi) is 4.54. The Morgan fingerprint density at radius 3 is 2.53 bits per heavy atom. The van der Waals surface area contributed by atoms with Crippen molar-refractivity contribution in [2.45, 2.75) is 45.2 Å². The van der Waals surface area contributed by atoms with Gasteiger partial charge in [-0.05, 0) is 19.8 Å². The van der Waals surface area contributed by atoms with Crippen molar-refractivity contribution in [1.82, 2.24) is 16.0 Å². The standard InChI is InChI=1S/C11H23N3O/c1-4-11(3,5-2)14-10(15)9-8-12-6-7-13-9/h9,12-13H,4-8H2,1-3H3,(H,14,15). The molecular formula is C11H23N3O.